The van der Waals surface area contributed by atoms with Gasteiger partial charge in [0.1, 0.15) is 16.6 Å². The number of anilines is 3. The van der Waals surface area contributed by atoms with Crippen molar-refractivity contribution >= 4 is 86.9 Å². The van der Waals surface area contributed by atoms with Gasteiger partial charge in [0.05, 0.1) is 65.3 Å². The van der Waals surface area contributed by atoms with Crippen molar-refractivity contribution in [3.63, 3.8) is 0 Å². The number of urea groups is 3. The van der Waals surface area contributed by atoms with Crippen molar-refractivity contribution in [1.29, 1.82) is 0 Å². The zero-order valence-corrected chi connectivity index (χ0v) is 48.9. The fourth-order valence-electron chi connectivity index (χ4n) is 8.85. The number of fused-ring (bicyclic) bond motifs is 3. The lowest BCUT2D eigenvalue weighted by atomic mass is 10.0. The van der Waals surface area contributed by atoms with Crippen LogP contribution in [0.3, 0.4) is 0 Å². The molecule has 26 nitrogen and oxygen atoms in total. The van der Waals surface area contributed by atoms with Gasteiger partial charge in [-0.05, 0) is 137 Å². The lowest BCUT2D eigenvalue weighted by Crippen LogP contribution is -2.28. The molecule has 0 radical (unpaired) electrons. The monoisotopic (exact) mass is 1180 g/mol. The van der Waals surface area contributed by atoms with Gasteiger partial charge in [-0.25, -0.2) is 43.7 Å². The smallest absolute Gasteiger partial charge is 0.340 e. The molecule has 6 amide bonds. The summed E-state index contributed by atoms with van der Waals surface area (Å²) in [5.41, 5.74) is 9.70. The van der Waals surface area contributed by atoms with Crippen LogP contribution in [0.2, 0.25) is 0 Å². The summed E-state index contributed by atoms with van der Waals surface area (Å²) >= 11 is 0. The topological polar surface area (TPSA) is 349 Å². The van der Waals surface area contributed by atoms with Crippen LogP contribution in [0.4, 0.5) is 32.2 Å². The number of carbonyl (C=O) groups excluding carboxylic acids is 6. The summed E-state index contributed by atoms with van der Waals surface area (Å²) in [6.07, 6.45) is 8.21. The van der Waals surface area contributed by atoms with Crippen molar-refractivity contribution in [2.24, 2.45) is 0 Å². The number of esters is 3. The maximum Gasteiger partial charge on any atom is 0.340 e. The van der Waals surface area contributed by atoms with Crippen LogP contribution in [0.5, 0.6) is 0 Å². The Hall–Kier alpha value is -11.3. The number of ether oxygens (including phenoxy) is 3. The van der Waals surface area contributed by atoms with Gasteiger partial charge in [-0.15, -0.1) is 0 Å². The predicted octanol–water partition coefficient (Wildman–Crippen LogP) is 9.35. The molecule has 9 N–H and O–H groups in total. The van der Waals surface area contributed by atoms with Gasteiger partial charge in [0, 0.05) is 73.5 Å². The minimum atomic E-state index is -0.580. The highest BCUT2D eigenvalue weighted by Crippen LogP contribution is 2.31. The highest BCUT2D eigenvalue weighted by atomic mass is 16.5. The van der Waals surface area contributed by atoms with Crippen LogP contribution in [0.15, 0.2) is 127 Å². The van der Waals surface area contributed by atoms with Gasteiger partial charge in [0.25, 0.3) is 5.56 Å². The van der Waals surface area contributed by atoms with E-state index in [1.165, 1.54) is 13.2 Å². The number of aryl methyl sites for hydroxylation is 1. The Morgan fingerprint density at radius 3 is 1.38 bits per heavy atom. The fourth-order valence-corrected chi connectivity index (χ4v) is 8.85. The molecule has 10 aromatic rings. The van der Waals surface area contributed by atoms with Crippen LogP contribution in [-0.4, -0.2) is 125 Å². The van der Waals surface area contributed by atoms with Gasteiger partial charge in [-0.1, -0.05) is 18.2 Å². The summed E-state index contributed by atoms with van der Waals surface area (Å²) in [5, 5.41) is 15.7. The first-order valence-electron chi connectivity index (χ1n) is 27.6. The number of rotatable bonds is 16. The van der Waals surface area contributed by atoms with Crippen molar-refractivity contribution in [2.45, 2.75) is 61.1 Å². The van der Waals surface area contributed by atoms with E-state index < -0.39 is 23.9 Å². The lowest BCUT2D eigenvalue weighted by Gasteiger charge is -2.12. The summed E-state index contributed by atoms with van der Waals surface area (Å²) in [4.78, 5) is 120. The number of aromatic amines is 3. The average Bonchev–Trinajstić information content (AvgIpc) is 1.98. The number of methoxy groups -OCH3 is 1. The van der Waals surface area contributed by atoms with E-state index in [0.717, 1.165) is 33.6 Å². The fraction of sp³-hybridized carbons (Fsp3) is 0.230. The van der Waals surface area contributed by atoms with Crippen molar-refractivity contribution in [3.8, 4) is 33.4 Å². The molecule has 0 fully saturated rings. The van der Waals surface area contributed by atoms with Gasteiger partial charge < -0.3 is 49.7 Å². The predicted molar refractivity (Wildman–Crippen MR) is 328 cm³/mol. The summed E-state index contributed by atoms with van der Waals surface area (Å²) in [7, 11) is 1.28. The van der Waals surface area contributed by atoms with Crippen molar-refractivity contribution < 1.29 is 43.0 Å². The number of imidazole rings is 3. The Morgan fingerprint density at radius 2 is 0.989 bits per heavy atom. The van der Waals surface area contributed by atoms with Crippen LogP contribution in [0.25, 0.3) is 66.5 Å². The van der Waals surface area contributed by atoms with Gasteiger partial charge in [-0.3, -0.25) is 35.7 Å². The molecule has 0 aliphatic heterocycles. The molecule has 10 rings (SSSR count). The number of aromatic nitrogens is 10. The molecular weight excluding hydrogens is 1120 g/mol. The molecule has 448 valence electrons. The average molecular weight is 1180 g/mol. The lowest BCUT2D eigenvalue weighted by molar-refractivity contribution is 0.0379. The van der Waals surface area contributed by atoms with Crippen LogP contribution in [-0.2, 0) is 20.8 Å². The highest BCUT2D eigenvalue weighted by molar-refractivity contribution is 6.07. The molecule has 7 heterocycles. The van der Waals surface area contributed by atoms with E-state index in [4.69, 9.17) is 14.2 Å². The molecule has 3 aromatic carbocycles. The molecule has 0 saturated carbocycles. The zero-order valence-electron chi connectivity index (χ0n) is 48.9. The number of nitrogens with one attached hydrogen (secondary N) is 9. The molecule has 0 aliphatic rings. The zero-order chi connectivity index (χ0) is 62.1. The van der Waals surface area contributed by atoms with Crippen LogP contribution in [0.1, 0.15) is 84.0 Å². The van der Waals surface area contributed by atoms with E-state index in [1.807, 2.05) is 81.4 Å². The SMILES string of the molecule is CCNC(=O)Nc1nc2c(C(=O)OC(C)C)cc(-c3cccnc3)cc2[nH]1.CCNC(=O)Nc1nc2c(C(=O)OC)cc(-c3cc(C)n(Cc4ccccn4)c(=O)c3)cc2[nH]1.CCNC(=O)Nc1nc2c(C(=O)OCC)cc(-c3cccnc3)cc2[nH]1. The number of hydrogen-bond acceptors (Lipinski definition) is 16. The van der Waals surface area contributed by atoms with Crippen molar-refractivity contribution in [1.82, 2.24) is 65.4 Å². The standard InChI is InChI=1S/C24H24N6O4.C19H21N5O3.C18H19N5O3/c1-4-25-24(33)29-23-27-19-11-16(10-18(21(19)28-23)22(32)34-3)15-9-14(2)30(20(31)12-15)13-17-7-5-6-8-26-17;1-4-21-19(26)24-18-22-15-9-13(12-6-5-7-20-10-12)8-14(16(15)23-18)17(25)27-11(2)3;1-3-20-18(25)23-17-21-14-9-12(11-6-5-7-19-10-11)8-13(15(14)22-17)16(24)26-4-2/h5-12H,4,13H2,1-3H3,(H3,25,27,28,29,33);5-11H,4H2,1-3H3,(H3,21,22,23,24,26);5-10H,3-4H2,1-2H3,(H3,20,21,22,23,25). The van der Waals surface area contributed by atoms with Gasteiger partial charge in [0.15, 0.2) is 0 Å². The quantitative estimate of drug-likeness (QED) is 0.0321. The first-order chi connectivity index (χ1) is 42.0. The molecule has 0 bridgehead atoms. The van der Waals surface area contributed by atoms with E-state index in [9.17, 15) is 33.6 Å². The second kappa shape index (κ2) is 28.8. The summed E-state index contributed by atoms with van der Waals surface area (Å²) in [6.45, 7) is 14.6. The third-order valence-electron chi connectivity index (χ3n) is 12.6. The molecule has 0 aliphatic carbocycles. The number of pyridine rings is 4. The van der Waals surface area contributed by atoms with Gasteiger partial charge in [-0.2, -0.15) is 0 Å². The van der Waals surface area contributed by atoms with Crippen molar-refractivity contribution in [2.75, 3.05) is 49.3 Å². The minimum Gasteiger partial charge on any atom is -0.465 e. The first kappa shape index (κ1) is 61.8. The molecule has 0 unspecified atom stereocenters. The summed E-state index contributed by atoms with van der Waals surface area (Å²) in [6, 6.07) is 25.7. The second-order valence-electron chi connectivity index (χ2n) is 19.2. The number of amides is 6. The number of hydrogen-bond donors (Lipinski definition) is 9. The molecule has 0 spiro atoms. The second-order valence-corrected chi connectivity index (χ2v) is 19.2. The molecule has 0 saturated heterocycles. The maximum atomic E-state index is 12.9. The number of benzene rings is 3. The van der Waals surface area contributed by atoms with E-state index >= 15 is 0 Å². The first-order valence-corrected chi connectivity index (χ1v) is 27.6. The van der Waals surface area contributed by atoms with Crippen LogP contribution >= 0.6 is 0 Å². The number of H-pyrrole nitrogens is 3. The molecular formula is C61H64N16O10. The Kier molecular flexibility index (Phi) is 20.4. The normalized spacial score (nSPS) is 10.7. The maximum absolute atomic E-state index is 12.9. The Bertz CT molecular complexity index is 4160. The van der Waals surface area contributed by atoms with E-state index in [2.05, 4.69) is 76.8 Å². The largest absolute Gasteiger partial charge is 0.465 e. The van der Waals surface area contributed by atoms with Crippen LogP contribution < -0.4 is 37.5 Å². The third kappa shape index (κ3) is 15.7. The van der Waals surface area contributed by atoms with Gasteiger partial charge in [0.2, 0.25) is 17.8 Å². The highest BCUT2D eigenvalue weighted by Gasteiger charge is 2.22. The molecule has 7 aromatic heterocycles. The number of carbonyl (C=O) groups is 6. The van der Waals surface area contributed by atoms with E-state index in [-0.39, 0.29) is 53.7 Å². The minimum absolute atomic E-state index is 0.185. The van der Waals surface area contributed by atoms with E-state index in [1.54, 1.807) is 87.5 Å². The van der Waals surface area contributed by atoms with Gasteiger partial charge >= 0.3 is 36.0 Å². The Morgan fingerprint density at radius 1 is 0.540 bits per heavy atom. The van der Waals surface area contributed by atoms with Crippen molar-refractivity contribution in [3.05, 3.63) is 160 Å². The molecule has 0 atom stereocenters. The van der Waals surface area contributed by atoms with Crippen LogP contribution in [0, 0.1) is 6.92 Å². The Labute approximate surface area is 497 Å². The number of nitrogens with zero attached hydrogens (tertiary/aromatic N) is 7. The summed E-state index contributed by atoms with van der Waals surface area (Å²) in [5.74, 6) is -0.845. The Balaban J connectivity index is 0.000000171. The molecule has 26 heteroatoms. The molecule has 87 heavy (non-hydrogen) atoms. The van der Waals surface area contributed by atoms with E-state index in [0.29, 0.717) is 81.5 Å². The summed E-state index contributed by atoms with van der Waals surface area (Å²) < 4.78 is 17.1. The third-order valence-corrected chi connectivity index (χ3v) is 12.6.